The van der Waals surface area contributed by atoms with Crippen molar-refractivity contribution in [1.29, 1.82) is 0 Å². The summed E-state index contributed by atoms with van der Waals surface area (Å²) in [4.78, 5) is 34.6. The maximum atomic E-state index is 12.4. The molecule has 0 unspecified atom stereocenters. The van der Waals surface area contributed by atoms with Crippen molar-refractivity contribution in [3.05, 3.63) is 128 Å². The predicted octanol–water partition coefficient (Wildman–Crippen LogP) is 5.53. The second-order valence-electron chi connectivity index (χ2n) is 9.76. The fraction of sp³-hybridized carbons (Fsp3) is 0.242. The van der Waals surface area contributed by atoms with Crippen LogP contribution in [-0.4, -0.2) is 42.4 Å². The summed E-state index contributed by atoms with van der Waals surface area (Å²) in [6.45, 7) is -0.272. The lowest BCUT2D eigenvalue weighted by atomic mass is 9.85. The highest BCUT2D eigenvalue weighted by atomic mass is 16.7. The number of hydrogen-bond acceptors (Lipinski definition) is 9. The van der Waals surface area contributed by atoms with Gasteiger partial charge >= 0.3 is 6.16 Å². The SMILES string of the molecule is C#CCOC1(c2ccccc2[N+](=O)[O-])C=CC(COC(=O)OCC2C=CC(OCC#C)(c3ccccc3[N+](=O)[O-])C=C2)C=C1. The molecule has 2 aliphatic rings. The second-order valence-corrected chi connectivity index (χ2v) is 9.76. The lowest BCUT2D eigenvalue weighted by molar-refractivity contribution is -0.386. The van der Waals surface area contributed by atoms with Crippen LogP contribution in [0.5, 0.6) is 0 Å². The first-order chi connectivity index (χ1) is 21.2. The number of nitro benzene ring substituents is 2. The summed E-state index contributed by atoms with van der Waals surface area (Å²) in [5, 5.41) is 23.2. The highest BCUT2D eigenvalue weighted by molar-refractivity contribution is 5.60. The normalized spacial score (nSPS) is 23.3. The van der Waals surface area contributed by atoms with E-state index in [9.17, 15) is 25.0 Å². The average molecular weight is 597 g/mol. The van der Waals surface area contributed by atoms with Crippen LogP contribution in [-0.2, 0) is 30.1 Å². The molecule has 0 aromatic heterocycles. The Hall–Kier alpha value is -5.49. The van der Waals surface area contributed by atoms with Gasteiger partial charge in [-0.15, -0.1) is 12.8 Å². The van der Waals surface area contributed by atoms with Crippen LogP contribution < -0.4 is 0 Å². The van der Waals surface area contributed by atoms with E-state index >= 15 is 0 Å². The highest BCUT2D eigenvalue weighted by Gasteiger charge is 2.37. The number of nitro groups is 2. The first-order valence-electron chi connectivity index (χ1n) is 13.4. The standard InChI is InChI=1S/C33H28N2O9/c1-3-21-43-32(27-9-5-7-11-29(27)34(37)38)17-13-25(14-18-32)23-41-31(36)42-24-26-15-19-33(20-16-26,44-22-4-2)28-10-6-8-12-30(28)35(39)40/h1-2,5-20,25-26H,21-24H2. The minimum Gasteiger partial charge on any atom is -0.433 e. The molecule has 0 saturated carbocycles. The Balaban J connectivity index is 1.35. The Morgan fingerprint density at radius 2 is 1.07 bits per heavy atom. The van der Waals surface area contributed by atoms with Crippen molar-refractivity contribution in [2.24, 2.45) is 11.8 Å². The van der Waals surface area contributed by atoms with E-state index in [2.05, 4.69) is 11.8 Å². The molecule has 0 bridgehead atoms. The number of carbonyl (C=O) groups excluding carboxylic acids is 1. The number of carbonyl (C=O) groups is 1. The second kappa shape index (κ2) is 14.1. The molecule has 0 N–H and O–H groups in total. The zero-order chi connectivity index (χ0) is 31.6. The average Bonchev–Trinajstić information content (AvgIpc) is 3.05. The molecule has 0 heterocycles. The lowest BCUT2D eigenvalue weighted by Gasteiger charge is -2.31. The number of rotatable bonds is 12. The van der Waals surface area contributed by atoms with Crippen molar-refractivity contribution in [2.75, 3.05) is 26.4 Å². The van der Waals surface area contributed by atoms with Gasteiger partial charge in [0.1, 0.15) is 37.6 Å². The Morgan fingerprint density at radius 3 is 1.41 bits per heavy atom. The van der Waals surface area contributed by atoms with Gasteiger partial charge in [0.2, 0.25) is 0 Å². The first-order valence-corrected chi connectivity index (χ1v) is 13.4. The fourth-order valence-electron chi connectivity index (χ4n) is 4.85. The predicted molar refractivity (Wildman–Crippen MR) is 160 cm³/mol. The Bertz CT molecular complexity index is 1460. The third-order valence-corrected chi connectivity index (χ3v) is 6.98. The van der Waals surface area contributed by atoms with Crippen LogP contribution in [0.2, 0.25) is 0 Å². The quantitative estimate of drug-likeness (QED) is 0.102. The molecule has 0 saturated heterocycles. The maximum absolute atomic E-state index is 12.4. The molecule has 11 heteroatoms. The summed E-state index contributed by atoms with van der Waals surface area (Å²) in [5.41, 5.74) is -2.13. The van der Waals surface area contributed by atoms with Gasteiger partial charge in [-0.1, -0.05) is 60.4 Å². The van der Waals surface area contributed by atoms with Gasteiger partial charge in [0.15, 0.2) is 0 Å². The molecule has 2 aliphatic carbocycles. The molecule has 224 valence electrons. The maximum Gasteiger partial charge on any atom is 0.508 e. The zero-order valence-electron chi connectivity index (χ0n) is 23.4. The molecule has 4 rings (SSSR count). The van der Waals surface area contributed by atoms with Gasteiger partial charge in [-0.3, -0.25) is 20.2 Å². The molecule has 2 aromatic carbocycles. The summed E-state index contributed by atoms with van der Waals surface area (Å²) in [6, 6.07) is 12.4. The molecule has 0 fully saturated rings. The summed E-state index contributed by atoms with van der Waals surface area (Å²) in [5.74, 6) is 4.07. The van der Waals surface area contributed by atoms with Gasteiger partial charge in [0.05, 0.1) is 21.0 Å². The van der Waals surface area contributed by atoms with Gasteiger partial charge in [-0.05, 0) is 36.4 Å². The van der Waals surface area contributed by atoms with Crippen LogP contribution in [0.4, 0.5) is 16.2 Å². The largest absolute Gasteiger partial charge is 0.508 e. The molecule has 11 nitrogen and oxygen atoms in total. The molecule has 0 amide bonds. The van der Waals surface area contributed by atoms with E-state index in [4.69, 9.17) is 31.8 Å². The van der Waals surface area contributed by atoms with Crippen LogP contribution in [0, 0.1) is 56.8 Å². The fourth-order valence-corrected chi connectivity index (χ4v) is 4.85. The molecular formula is C33H28N2O9. The van der Waals surface area contributed by atoms with Gasteiger partial charge in [0.25, 0.3) is 11.4 Å². The third-order valence-electron chi connectivity index (χ3n) is 6.98. The van der Waals surface area contributed by atoms with Crippen molar-refractivity contribution in [3.63, 3.8) is 0 Å². The molecule has 0 spiro atoms. The van der Waals surface area contributed by atoms with Gasteiger partial charge in [-0.25, -0.2) is 4.79 Å². The molecule has 0 radical (unpaired) electrons. The topological polar surface area (TPSA) is 140 Å². The lowest BCUT2D eigenvalue weighted by Crippen LogP contribution is -2.30. The van der Waals surface area contributed by atoms with Crippen LogP contribution in [0.1, 0.15) is 11.1 Å². The summed E-state index contributed by atoms with van der Waals surface area (Å²) >= 11 is 0. The minimum absolute atomic E-state index is 0.0506. The number of terminal acetylenes is 2. The number of ether oxygens (including phenoxy) is 4. The third kappa shape index (κ3) is 7.10. The van der Waals surface area contributed by atoms with Crippen molar-refractivity contribution < 1.29 is 33.6 Å². The zero-order valence-corrected chi connectivity index (χ0v) is 23.4. The summed E-state index contributed by atoms with van der Waals surface area (Å²) in [7, 11) is 0. The summed E-state index contributed by atoms with van der Waals surface area (Å²) < 4.78 is 22.3. The van der Waals surface area contributed by atoms with Crippen LogP contribution >= 0.6 is 0 Å². The smallest absolute Gasteiger partial charge is 0.433 e. The van der Waals surface area contributed by atoms with Crippen LogP contribution in [0.15, 0.2) is 97.1 Å². The van der Waals surface area contributed by atoms with E-state index in [1.807, 2.05) is 0 Å². The van der Waals surface area contributed by atoms with E-state index in [1.54, 1.807) is 85.0 Å². The van der Waals surface area contributed by atoms with Crippen molar-refractivity contribution >= 4 is 17.5 Å². The monoisotopic (exact) mass is 596 g/mol. The number of nitrogens with zero attached hydrogens (tertiary/aromatic N) is 2. The van der Waals surface area contributed by atoms with Crippen molar-refractivity contribution in [3.8, 4) is 24.7 Å². The molecule has 44 heavy (non-hydrogen) atoms. The van der Waals surface area contributed by atoms with E-state index in [0.717, 1.165) is 0 Å². The van der Waals surface area contributed by atoms with E-state index in [-0.39, 0.29) is 49.6 Å². The molecular weight excluding hydrogens is 568 g/mol. The molecule has 2 aromatic rings. The van der Waals surface area contributed by atoms with E-state index in [1.165, 1.54) is 12.1 Å². The van der Waals surface area contributed by atoms with Gasteiger partial charge in [-0.2, -0.15) is 0 Å². The van der Waals surface area contributed by atoms with Crippen LogP contribution in [0.25, 0.3) is 0 Å². The van der Waals surface area contributed by atoms with E-state index < -0.39 is 27.2 Å². The summed E-state index contributed by atoms with van der Waals surface area (Å²) in [6.07, 6.45) is 23.3. The highest BCUT2D eigenvalue weighted by Crippen LogP contribution is 2.39. The number of para-hydroxylation sites is 2. The first kappa shape index (κ1) is 31.4. The molecule has 0 atom stereocenters. The number of hydrogen-bond donors (Lipinski definition) is 0. The van der Waals surface area contributed by atoms with Crippen molar-refractivity contribution in [2.45, 2.75) is 11.2 Å². The van der Waals surface area contributed by atoms with Gasteiger partial charge in [0, 0.05) is 24.0 Å². The van der Waals surface area contributed by atoms with Crippen LogP contribution in [0.3, 0.4) is 0 Å². The van der Waals surface area contributed by atoms with Gasteiger partial charge < -0.3 is 18.9 Å². The molecule has 0 aliphatic heterocycles. The van der Waals surface area contributed by atoms with Crippen molar-refractivity contribution in [1.82, 2.24) is 0 Å². The van der Waals surface area contributed by atoms with E-state index in [0.29, 0.717) is 11.1 Å². The Morgan fingerprint density at radius 1 is 0.705 bits per heavy atom. The Kier molecular flexibility index (Phi) is 10.1. The minimum atomic E-state index is -1.26. The number of benzene rings is 2. The Labute approximate surface area is 253 Å².